The molecule has 0 bridgehead atoms. The van der Waals surface area contributed by atoms with E-state index in [1.165, 1.54) is 5.56 Å². The maximum Gasteiger partial charge on any atom is 0.241 e. The normalized spacial score (nSPS) is 12.9. The van der Waals surface area contributed by atoms with Crippen LogP contribution >= 0.6 is 0 Å². The molecule has 0 fully saturated rings. The highest BCUT2D eigenvalue weighted by atomic mass is 32.2. The predicted octanol–water partition coefficient (Wildman–Crippen LogP) is 4.22. The van der Waals surface area contributed by atoms with E-state index in [4.69, 9.17) is 4.74 Å². The molecular formula is C20H27NO3S. The van der Waals surface area contributed by atoms with Crippen molar-refractivity contribution in [3.05, 3.63) is 58.1 Å². The number of nitrogens with one attached hydrogen (secondary N) is 1. The van der Waals surface area contributed by atoms with E-state index in [0.29, 0.717) is 12.2 Å². The molecule has 136 valence electrons. The van der Waals surface area contributed by atoms with Crippen molar-refractivity contribution in [1.82, 2.24) is 4.72 Å². The average Bonchev–Trinajstić information content (AvgIpc) is 2.56. The first-order valence-corrected chi connectivity index (χ1v) is 9.95. The predicted molar refractivity (Wildman–Crippen MR) is 102 cm³/mol. The number of benzene rings is 2. The van der Waals surface area contributed by atoms with Crippen molar-refractivity contribution in [2.45, 2.75) is 52.0 Å². The topological polar surface area (TPSA) is 55.4 Å². The average molecular weight is 362 g/mol. The van der Waals surface area contributed by atoms with Crippen molar-refractivity contribution in [2.24, 2.45) is 0 Å². The quantitative estimate of drug-likeness (QED) is 0.838. The highest BCUT2D eigenvalue weighted by Crippen LogP contribution is 2.26. The molecule has 1 N–H and O–H groups in total. The Labute approximate surface area is 151 Å². The van der Waals surface area contributed by atoms with Gasteiger partial charge in [0.05, 0.1) is 12.0 Å². The monoisotopic (exact) mass is 361 g/mol. The van der Waals surface area contributed by atoms with Gasteiger partial charge in [0.25, 0.3) is 0 Å². The standard InChI is InChI=1S/C20H27NO3S/c1-7-17-12-18(8-9-20(17)24-6)25(22,23)21-16(5)19-11-14(3)13(2)10-15(19)4/h8-12,16,21H,7H2,1-6H3. The van der Waals surface area contributed by atoms with Crippen LogP contribution in [0.15, 0.2) is 35.2 Å². The molecule has 2 rings (SSSR count). The van der Waals surface area contributed by atoms with Crippen LogP contribution in [0.5, 0.6) is 5.75 Å². The van der Waals surface area contributed by atoms with Gasteiger partial charge in [-0.25, -0.2) is 13.1 Å². The Morgan fingerprint density at radius 2 is 1.68 bits per heavy atom. The minimum Gasteiger partial charge on any atom is -0.496 e. The molecule has 0 amide bonds. The molecule has 0 aliphatic carbocycles. The zero-order valence-corrected chi connectivity index (χ0v) is 16.6. The van der Waals surface area contributed by atoms with E-state index in [-0.39, 0.29) is 10.9 Å². The summed E-state index contributed by atoms with van der Waals surface area (Å²) in [7, 11) is -2.02. The third-order valence-electron chi connectivity index (χ3n) is 4.62. The number of hydrogen-bond donors (Lipinski definition) is 1. The molecule has 0 aliphatic heterocycles. The summed E-state index contributed by atoms with van der Waals surface area (Å²) in [5.41, 5.74) is 5.32. The first kappa shape index (κ1) is 19.5. The molecule has 1 unspecified atom stereocenters. The molecule has 0 saturated heterocycles. The van der Waals surface area contributed by atoms with E-state index < -0.39 is 10.0 Å². The molecule has 25 heavy (non-hydrogen) atoms. The van der Waals surface area contributed by atoms with E-state index in [1.54, 1.807) is 25.3 Å². The summed E-state index contributed by atoms with van der Waals surface area (Å²) >= 11 is 0. The Kier molecular flexibility index (Phi) is 5.91. The third-order valence-corrected chi connectivity index (χ3v) is 6.16. The molecule has 0 aromatic heterocycles. The van der Waals surface area contributed by atoms with E-state index in [9.17, 15) is 8.42 Å². The molecule has 0 radical (unpaired) electrons. The van der Waals surface area contributed by atoms with Gasteiger partial charge in [0, 0.05) is 6.04 Å². The summed E-state index contributed by atoms with van der Waals surface area (Å²) in [6, 6.07) is 8.82. The zero-order valence-electron chi connectivity index (χ0n) is 15.8. The lowest BCUT2D eigenvalue weighted by Gasteiger charge is -2.19. The van der Waals surface area contributed by atoms with E-state index in [0.717, 1.165) is 22.3 Å². The minimum absolute atomic E-state index is 0.262. The number of rotatable bonds is 6. The van der Waals surface area contributed by atoms with Crippen molar-refractivity contribution in [3.8, 4) is 5.75 Å². The van der Waals surface area contributed by atoms with Crippen LogP contribution in [-0.2, 0) is 16.4 Å². The summed E-state index contributed by atoms with van der Waals surface area (Å²) in [5, 5.41) is 0. The van der Waals surface area contributed by atoms with Gasteiger partial charge in [-0.2, -0.15) is 0 Å². The van der Waals surface area contributed by atoms with Crippen LogP contribution in [0.4, 0.5) is 0 Å². The van der Waals surface area contributed by atoms with Crippen molar-refractivity contribution in [1.29, 1.82) is 0 Å². The lowest BCUT2D eigenvalue weighted by atomic mass is 9.97. The van der Waals surface area contributed by atoms with Crippen LogP contribution in [0.3, 0.4) is 0 Å². The fourth-order valence-electron chi connectivity index (χ4n) is 3.01. The maximum atomic E-state index is 12.8. The molecule has 1 atom stereocenters. The molecule has 2 aromatic rings. The maximum absolute atomic E-state index is 12.8. The fourth-order valence-corrected chi connectivity index (χ4v) is 4.29. The van der Waals surface area contributed by atoms with Crippen molar-refractivity contribution >= 4 is 10.0 Å². The largest absolute Gasteiger partial charge is 0.496 e. The summed E-state index contributed by atoms with van der Waals surface area (Å²) in [6.07, 6.45) is 0.707. The second-order valence-corrected chi connectivity index (χ2v) is 8.18. The van der Waals surface area contributed by atoms with E-state index >= 15 is 0 Å². The van der Waals surface area contributed by atoms with Crippen LogP contribution in [-0.4, -0.2) is 15.5 Å². The van der Waals surface area contributed by atoms with Crippen LogP contribution < -0.4 is 9.46 Å². The van der Waals surface area contributed by atoms with E-state index in [1.807, 2.05) is 27.7 Å². The summed E-state index contributed by atoms with van der Waals surface area (Å²) in [5.74, 6) is 0.708. The first-order valence-electron chi connectivity index (χ1n) is 8.46. The van der Waals surface area contributed by atoms with Gasteiger partial charge in [-0.05, 0) is 80.1 Å². The summed E-state index contributed by atoms with van der Waals surface area (Å²) in [6.45, 7) is 9.96. The number of hydrogen-bond acceptors (Lipinski definition) is 3. The molecular weight excluding hydrogens is 334 g/mol. The fraction of sp³-hybridized carbons (Fsp3) is 0.400. The Bertz CT molecular complexity index is 873. The molecule has 0 spiro atoms. The minimum atomic E-state index is -3.61. The van der Waals surface area contributed by atoms with Gasteiger partial charge in [-0.1, -0.05) is 19.1 Å². The third kappa shape index (κ3) is 4.22. The Balaban J connectivity index is 2.34. The van der Waals surface area contributed by atoms with Crippen LogP contribution in [0, 0.1) is 20.8 Å². The lowest BCUT2D eigenvalue weighted by molar-refractivity contribution is 0.409. The Hall–Kier alpha value is -1.85. The molecule has 0 heterocycles. The van der Waals surface area contributed by atoms with Gasteiger partial charge in [-0.15, -0.1) is 0 Å². The van der Waals surface area contributed by atoms with Gasteiger partial charge >= 0.3 is 0 Å². The summed E-state index contributed by atoms with van der Waals surface area (Å²) < 4.78 is 33.7. The number of ether oxygens (including phenoxy) is 1. The van der Waals surface area contributed by atoms with Crippen molar-refractivity contribution in [3.63, 3.8) is 0 Å². The van der Waals surface area contributed by atoms with Gasteiger partial charge in [0.15, 0.2) is 0 Å². The first-order chi connectivity index (χ1) is 11.7. The lowest BCUT2D eigenvalue weighted by Crippen LogP contribution is -2.27. The molecule has 0 saturated carbocycles. The molecule has 0 aliphatic rings. The van der Waals surface area contributed by atoms with Gasteiger partial charge in [0.1, 0.15) is 5.75 Å². The Morgan fingerprint density at radius 3 is 2.28 bits per heavy atom. The van der Waals surface area contributed by atoms with Crippen molar-refractivity contribution < 1.29 is 13.2 Å². The number of methoxy groups -OCH3 is 1. The van der Waals surface area contributed by atoms with Crippen molar-refractivity contribution in [2.75, 3.05) is 7.11 Å². The van der Waals surface area contributed by atoms with Gasteiger partial charge in [0.2, 0.25) is 10.0 Å². The summed E-state index contributed by atoms with van der Waals surface area (Å²) in [4.78, 5) is 0.262. The second-order valence-electron chi connectivity index (χ2n) is 6.46. The molecule has 5 heteroatoms. The van der Waals surface area contributed by atoms with Gasteiger partial charge < -0.3 is 4.74 Å². The van der Waals surface area contributed by atoms with Crippen LogP contribution in [0.1, 0.15) is 47.7 Å². The molecule has 4 nitrogen and oxygen atoms in total. The SMILES string of the molecule is CCc1cc(S(=O)(=O)NC(C)c2cc(C)c(C)cc2C)ccc1OC. The smallest absolute Gasteiger partial charge is 0.241 e. The van der Waals surface area contributed by atoms with E-state index in [2.05, 4.69) is 23.8 Å². The number of aryl methyl sites for hydroxylation is 4. The highest BCUT2D eigenvalue weighted by Gasteiger charge is 2.21. The highest BCUT2D eigenvalue weighted by molar-refractivity contribution is 7.89. The zero-order chi connectivity index (χ0) is 18.8. The van der Waals surface area contributed by atoms with Crippen LogP contribution in [0.2, 0.25) is 0 Å². The second kappa shape index (κ2) is 7.58. The number of sulfonamides is 1. The molecule has 2 aromatic carbocycles. The van der Waals surface area contributed by atoms with Gasteiger partial charge in [-0.3, -0.25) is 0 Å². The Morgan fingerprint density at radius 1 is 1.04 bits per heavy atom. The van der Waals surface area contributed by atoms with Crippen LogP contribution in [0.25, 0.3) is 0 Å².